The summed E-state index contributed by atoms with van der Waals surface area (Å²) >= 11 is 0. The number of hydrogen-bond acceptors (Lipinski definition) is 3. The van der Waals surface area contributed by atoms with Crippen molar-refractivity contribution < 1.29 is 13.2 Å². The molecule has 1 aromatic rings. The zero-order chi connectivity index (χ0) is 16.2. The monoisotopic (exact) mass is 325 g/mol. The summed E-state index contributed by atoms with van der Waals surface area (Å²) in [6.07, 6.45) is 4.44. The number of carbonyl (C=O) groups excluding carboxylic acids is 1. The van der Waals surface area contributed by atoms with Gasteiger partial charge in [0.25, 0.3) is 0 Å². The zero-order valence-electron chi connectivity index (χ0n) is 12.8. The van der Waals surface area contributed by atoms with Crippen LogP contribution in [-0.4, -0.2) is 32.4 Å². The molecule has 1 atom stereocenters. The minimum absolute atomic E-state index is 0.0649. The van der Waals surface area contributed by atoms with Crippen LogP contribution in [0.2, 0.25) is 0 Å². The first-order valence-electron chi connectivity index (χ1n) is 7.56. The molecular weight excluding hydrogens is 302 g/mol. The summed E-state index contributed by atoms with van der Waals surface area (Å²) in [4.78, 5) is 14.2. The van der Waals surface area contributed by atoms with Crippen LogP contribution < -0.4 is 10.5 Å². The van der Waals surface area contributed by atoms with Gasteiger partial charge in [-0.1, -0.05) is 25.0 Å². The lowest BCUT2D eigenvalue weighted by molar-refractivity contribution is 0.196. The summed E-state index contributed by atoms with van der Waals surface area (Å²) in [5, 5.41) is 8.03. The highest BCUT2D eigenvalue weighted by Gasteiger charge is 2.18. The lowest BCUT2D eigenvalue weighted by Crippen LogP contribution is -2.41. The van der Waals surface area contributed by atoms with Crippen molar-refractivity contribution in [1.29, 1.82) is 0 Å². The third-order valence-corrected chi connectivity index (χ3v) is 4.87. The maximum absolute atomic E-state index is 12.3. The second-order valence-electron chi connectivity index (χ2n) is 5.69. The van der Waals surface area contributed by atoms with Crippen molar-refractivity contribution in [3.05, 3.63) is 29.8 Å². The van der Waals surface area contributed by atoms with E-state index in [0.29, 0.717) is 0 Å². The van der Waals surface area contributed by atoms with Gasteiger partial charge in [0.2, 0.25) is 10.0 Å². The van der Waals surface area contributed by atoms with E-state index in [9.17, 15) is 13.2 Å². The minimum atomic E-state index is -3.69. The van der Waals surface area contributed by atoms with Crippen molar-refractivity contribution in [3.8, 4) is 0 Å². The van der Waals surface area contributed by atoms with E-state index in [1.165, 1.54) is 25.0 Å². The summed E-state index contributed by atoms with van der Waals surface area (Å²) < 4.78 is 22.5. The Balaban J connectivity index is 1.99. The molecule has 1 aromatic carbocycles. The molecule has 1 saturated heterocycles. The van der Waals surface area contributed by atoms with Gasteiger partial charge in [0.1, 0.15) is 0 Å². The van der Waals surface area contributed by atoms with Gasteiger partial charge in [0, 0.05) is 13.1 Å². The molecule has 1 aliphatic rings. The Morgan fingerprint density at radius 1 is 1.14 bits per heavy atom. The molecule has 2 rings (SSSR count). The lowest BCUT2D eigenvalue weighted by Gasteiger charge is -2.24. The summed E-state index contributed by atoms with van der Waals surface area (Å²) in [5.41, 5.74) is 0.843. The fraction of sp³-hybridized carbons (Fsp3) is 0.533. The predicted molar refractivity (Wildman–Crippen MR) is 84.8 cm³/mol. The Hall–Kier alpha value is -1.60. The quantitative estimate of drug-likeness (QED) is 0.890. The maximum atomic E-state index is 12.3. The molecule has 122 valence electrons. The Kier molecular flexibility index (Phi) is 5.42. The lowest BCUT2D eigenvalue weighted by atomic mass is 10.1. The maximum Gasteiger partial charge on any atom is 0.317 e. The molecule has 0 aromatic heterocycles. The first kappa shape index (κ1) is 16.8. The number of rotatable bonds is 3. The van der Waals surface area contributed by atoms with Crippen molar-refractivity contribution in [2.75, 3.05) is 13.1 Å². The van der Waals surface area contributed by atoms with Crippen molar-refractivity contribution in [2.24, 2.45) is 5.14 Å². The van der Waals surface area contributed by atoms with E-state index in [2.05, 4.69) is 5.32 Å². The Bertz CT molecular complexity index is 605. The van der Waals surface area contributed by atoms with Gasteiger partial charge in [-0.2, -0.15) is 0 Å². The molecule has 2 amide bonds. The Labute approximate surface area is 131 Å². The second-order valence-corrected chi connectivity index (χ2v) is 7.25. The van der Waals surface area contributed by atoms with E-state index >= 15 is 0 Å². The van der Waals surface area contributed by atoms with E-state index < -0.39 is 10.0 Å². The van der Waals surface area contributed by atoms with Crippen LogP contribution in [0, 0.1) is 0 Å². The van der Waals surface area contributed by atoms with E-state index in [-0.39, 0.29) is 17.0 Å². The average molecular weight is 325 g/mol. The molecular formula is C15H23N3O3S. The van der Waals surface area contributed by atoms with Crippen LogP contribution >= 0.6 is 0 Å². The standard InChI is InChI=1S/C15H23N3O3S/c1-12(13-6-8-14(9-7-13)22(16,20)21)17-15(19)18-10-4-2-3-5-11-18/h6-9,12H,2-5,10-11H2,1H3,(H,17,19)(H2,16,20,21)/t12-/m1/s1. The van der Waals surface area contributed by atoms with Gasteiger partial charge in [-0.15, -0.1) is 0 Å². The van der Waals surface area contributed by atoms with Crippen molar-refractivity contribution >= 4 is 16.1 Å². The van der Waals surface area contributed by atoms with Gasteiger partial charge in [0.05, 0.1) is 10.9 Å². The minimum Gasteiger partial charge on any atom is -0.331 e. The summed E-state index contributed by atoms with van der Waals surface area (Å²) in [5.74, 6) is 0. The van der Waals surface area contributed by atoms with Gasteiger partial charge in [-0.05, 0) is 37.5 Å². The molecule has 0 bridgehead atoms. The number of amides is 2. The molecule has 0 saturated carbocycles. The molecule has 22 heavy (non-hydrogen) atoms. The molecule has 1 fully saturated rings. The van der Waals surface area contributed by atoms with Crippen LogP contribution in [0.1, 0.15) is 44.2 Å². The number of hydrogen-bond donors (Lipinski definition) is 2. The smallest absolute Gasteiger partial charge is 0.317 e. The molecule has 0 aliphatic carbocycles. The van der Waals surface area contributed by atoms with Gasteiger partial charge >= 0.3 is 6.03 Å². The third-order valence-electron chi connectivity index (χ3n) is 3.94. The Morgan fingerprint density at radius 2 is 1.68 bits per heavy atom. The van der Waals surface area contributed by atoms with Crippen LogP contribution in [0.15, 0.2) is 29.2 Å². The number of likely N-dealkylation sites (tertiary alicyclic amines) is 1. The van der Waals surface area contributed by atoms with E-state index in [1.807, 2.05) is 11.8 Å². The van der Waals surface area contributed by atoms with Crippen molar-refractivity contribution in [1.82, 2.24) is 10.2 Å². The molecule has 6 nitrogen and oxygen atoms in total. The van der Waals surface area contributed by atoms with Crippen LogP contribution in [0.3, 0.4) is 0 Å². The first-order chi connectivity index (χ1) is 10.4. The molecule has 0 spiro atoms. The Morgan fingerprint density at radius 3 is 2.18 bits per heavy atom. The van der Waals surface area contributed by atoms with Crippen LogP contribution in [0.5, 0.6) is 0 Å². The summed E-state index contributed by atoms with van der Waals surface area (Å²) in [6.45, 7) is 3.47. The van der Waals surface area contributed by atoms with Gasteiger partial charge < -0.3 is 10.2 Å². The van der Waals surface area contributed by atoms with Crippen LogP contribution in [-0.2, 0) is 10.0 Å². The van der Waals surface area contributed by atoms with Crippen LogP contribution in [0.4, 0.5) is 4.79 Å². The summed E-state index contributed by atoms with van der Waals surface area (Å²) in [7, 11) is -3.69. The average Bonchev–Trinajstić information content (AvgIpc) is 2.75. The van der Waals surface area contributed by atoms with Crippen molar-refractivity contribution in [2.45, 2.75) is 43.5 Å². The normalized spacial score (nSPS) is 17.6. The first-order valence-corrected chi connectivity index (χ1v) is 9.11. The SMILES string of the molecule is C[C@@H](NC(=O)N1CCCCCC1)c1ccc(S(N)(=O)=O)cc1. The fourth-order valence-electron chi connectivity index (χ4n) is 2.58. The zero-order valence-corrected chi connectivity index (χ0v) is 13.6. The molecule has 3 N–H and O–H groups in total. The number of carbonyl (C=O) groups is 1. The number of nitrogens with one attached hydrogen (secondary N) is 1. The number of primary sulfonamides is 1. The van der Waals surface area contributed by atoms with Crippen LogP contribution in [0.25, 0.3) is 0 Å². The van der Waals surface area contributed by atoms with Gasteiger partial charge in [0.15, 0.2) is 0 Å². The molecule has 1 aliphatic heterocycles. The topological polar surface area (TPSA) is 92.5 Å². The highest BCUT2D eigenvalue weighted by molar-refractivity contribution is 7.89. The molecule has 0 unspecified atom stereocenters. The third kappa shape index (κ3) is 4.45. The van der Waals surface area contributed by atoms with E-state index in [0.717, 1.165) is 31.5 Å². The number of nitrogens with two attached hydrogens (primary N) is 1. The van der Waals surface area contributed by atoms with Crippen molar-refractivity contribution in [3.63, 3.8) is 0 Å². The number of urea groups is 1. The van der Waals surface area contributed by atoms with Gasteiger partial charge in [-0.25, -0.2) is 18.4 Å². The second kappa shape index (κ2) is 7.11. The van der Waals surface area contributed by atoms with Gasteiger partial charge in [-0.3, -0.25) is 0 Å². The molecule has 1 heterocycles. The molecule has 7 heteroatoms. The number of benzene rings is 1. The van der Waals surface area contributed by atoms with E-state index in [4.69, 9.17) is 5.14 Å². The van der Waals surface area contributed by atoms with E-state index in [1.54, 1.807) is 12.1 Å². The summed E-state index contributed by atoms with van der Waals surface area (Å²) in [6, 6.07) is 6.01. The largest absolute Gasteiger partial charge is 0.331 e. The number of sulfonamides is 1. The predicted octanol–water partition coefficient (Wildman–Crippen LogP) is 1.98. The number of nitrogens with zero attached hydrogens (tertiary/aromatic N) is 1. The highest BCUT2D eigenvalue weighted by Crippen LogP contribution is 2.16. The fourth-order valence-corrected chi connectivity index (χ4v) is 3.10. The highest BCUT2D eigenvalue weighted by atomic mass is 32.2. The molecule has 0 radical (unpaired) electrons.